The Morgan fingerprint density at radius 2 is 1.71 bits per heavy atom. The number of benzene rings is 3. The molecule has 0 saturated carbocycles. The van der Waals surface area contributed by atoms with Crippen molar-refractivity contribution in [2.75, 3.05) is 59.2 Å². The van der Waals surface area contributed by atoms with Crippen molar-refractivity contribution in [2.24, 2.45) is 16.1 Å². The van der Waals surface area contributed by atoms with Crippen LogP contribution in [0.5, 0.6) is 0 Å². The van der Waals surface area contributed by atoms with Gasteiger partial charge in [0.1, 0.15) is 23.7 Å². The van der Waals surface area contributed by atoms with Gasteiger partial charge in [0, 0.05) is 87.8 Å². The highest BCUT2D eigenvalue weighted by atomic mass is 32.1. The number of aromatic nitrogens is 3. The molecule has 3 aliphatic heterocycles. The first-order chi connectivity index (χ1) is 36.1. The van der Waals surface area contributed by atoms with E-state index in [0.717, 1.165) is 21.7 Å². The van der Waals surface area contributed by atoms with Crippen LogP contribution in [-0.2, 0) is 41.7 Å². The molecule has 3 atom stereocenters. The normalized spacial score (nSPS) is 18.5. The predicted molar refractivity (Wildman–Crippen MR) is 283 cm³/mol. The third-order valence-electron chi connectivity index (χ3n) is 13.9. The van der Waals surface area contributed by atoms with Gasteiger partial charge in [-0.25, -0.2) is 18.7 Å². The van der Waals surface area contributed by atoms with Crippen molar-refractivity contribution >= 4 is 57.8 Å². The fourth-order valence-corrected chi connectivity index (χ4v) is 10.4. The number of nitrogens with two attached hydrogens (primary N) is 1. The number of allylic oxidation sites excluding steroid dienone is 1. The number of ether oxygens (including phenoxy) is 2. The second-order valence-electron chi connectivity index (χ2n) is 20.3. The predicted octanol–water partition coefficient (Wildman–Crippen LogP) is 5.81. The number of carbonyl (C=O) groups is 4. The number of hydrogen-bond acceptors (Lipinski definition) is 14. The van der Waals surface area contributed by atoms with Crippen LogP contribution < -0.4 is 16.4 Å². The number of rotatable bonds is 18. The molecule has 5 heterocycles. The molecule has 3 aromatic carbocycles. The lowest BCUT2D eigenvalue weighted by atomic mass is 9.85. The number of piperidine rings is 1. The zero-order chi connectivity index (χ0) is 53.2. The van der Waals surface area contributed by atoms with Crippen molar-refractivity contribution in [1.82, 2.24) is 40.3 Å². The number of aliphatic imine (C=N–C) groups is 1. The van der Waals surface area contributed by atoms with E-state index in [2.05, 4.69) is 20.6 Å². The highest BCUT2D eigenvalue weighted by Gasteiger charge is 2.44. The fraction of sp³-hybridized carbons (Fsp3) is 0.455. The molecule has 0 radical (unpaired) electrons. The number of carbonyl (C=O) groups excluding carboxylic acids is 4. The van der Waals surface area contributed by atoms with Crippen LogP contribution in [0.15, 0.2) is 77.5 Å². The topological polar surface area (TPSA) is 218 Å². The van der Waals surface area contributed by atoms with Crippen LogP contribution in [0, 0.1) is 24.0 Å². The lowest BCUT2D eigenvalue weighted by Crippen LogP contribution is -2.57. The number of β-amino-alcohol motifs (C(OH)–C–C–N with tert-alkyl or cyclic N) is 1. The van der Waals surface area contributed by atoms with Crippen LogP contribution in [0.4, 0.5) is 8.78 Å². The van der Waals surface area contributed by atoms with Gasteiger partial charge in [-0.1, -0.05) is 57.2 Å². The molecule has 0 bridgehead atoms. The summed E-state index contributed by atoms with van der Waals surface area (Å²) in [6.45, 7) is 11.1. The van der Waals surface area contributed by atoms with Gasteiger partial charge < -0.3 is 40.7 Å². The summed E-state index contributed by atoms with van der Waals surface area (Å²) in [5.41, 5.74) is 12.8. The second kappa shape index (κ2) is 24.8. The average Bonchev–Trinajstić information content (AvgIpc) is 4.03. The maximum absolute atomic E-state index is 15.4. The van der Waals surface area contributed by atoms with E-state index < -0.39 is 47.1 Å². The SMILES string of the molecule is Cc1ncsc1-c1ccc(CNC(=O)C2C[C@@H](O)CN2C(=O)[C@@H](NC(=O)CCOCCC(=O)N2CCC(N=CC(=CN)c3cnc4cccc(-c5cc(F)c(CN6CCOCC6)c(F)c5)c4n3)CC2)C(C)(C)C)cc1. The molecule has 3 saturated heterocycles. The summed E-state index contributed by atoms with van der Waals surface area (Å²) in [5.74, 6) is -2.62. The van der Waals surface area contributed by atoms with E-state index in [0.29, 0.717) is 85.7 Å². The van der Waals surface area contributed by atoms with Crippen molar-refractivity contribution in [1.29, 1.82) is 0 Å². The van der Waals surface area contributed by atoms with Gasteiger partial charge in [-0.3, -0.25) is 34.1 Å². The molecule has 3 aliphatic rings. The van der Waals surface area contributed by atoms with Crippen molar-refractivity contribution in [3.63, 3.8) is 0 Å². The molecular formula is C55H66F2N10O7S. The summed E-state index contributed by atoms with van der Waals surface area (Å²) in [6, 6.07) is 13.8. The van der Waals surface area contributed by atoms with Gasteiger partial charge in [-0.05, 0) is 60.1 Å². The molecule has 4 amide bonds. The van der Waals surface area contributed by atoms with Gasteiger partial charge in [-0.2, -0.15) is 0 Å². The van der Waals surface area contributed by atoms with Crippen molar-refractivity contribution < 1.29 is 42.5 Å². The van der Waals surface area contributed by atoms with Crippen LogP contribution in [0.1, 0.15) is 75.4 Å². The molecule has 0 aliphatic carbocycles. The van der Waals surface area contributed by atoms with Crippen LogP contribution >= 0.6 is 11.3 Å². The third kappa shape index (κ3) is 13.8. The molecule has 75 heavy (non-hydrogen) atoms. The standard InChI is InChI=1S/C55H66F2N10O7S/c1-34-51(75-33-62-34)36-10-8-35(9-11-36)28-61-53(71)47-26-40(68)31-67(47)54(72)52(55(2,3)4)64-48(69)14-20-73-21-15-49(70)66-16-12-39(13-17-66)59-29-38(27-58)46-30-60-45-7-5-6-41(50(45)63-46)37-24-43(56)42(44(57)25-37)32-65-18-22-74-23-19-65/h5-11,24-25,27,29-30,33,39-40,47,52,68H,12-23,26,28,31-32,58H2,1-4H3,(H,61,71)(H,64,69)/t40-,47?,52-/m1/s1. The van der Waals surface area contributed by atoms with Crippen LogP contribution in [0.25, 0.3) is 38.2 Å². The monoisotopic (exact) mass is 1050 g/mol. The molecule has 20 heteroatoms. The Bertz CT molecular complexity index is 2870. The summed E-state index contributed by atoms with van der Waals surface area (Å²) in [4.78, 5) is 78.6. The van der Waals surface area contributed by atoms with Gasteiger partial charge in [0.05, 0.1) is 84.0 Å². The number of nitrogens with zero attached hydrogens (tertiary/aromatic N) is 7. The van der Waals surface area contributed by atoms with E-state index in [-0.39, 0.29) is 75.5 Å². The van der Waals surface area contributed by atoms with Crippen LogP contribution in [0.2, 0.25) is 0 Å². The number of hydrogen-bond donors (Lipinski definition) is 4. The Labute approximate surface area is 439 Å². The van der Waals surface area contributed by atoms with Crippen LogP contribution in [0.3, 0.4) is 0 Å². The number of thiazole rings is 1. The summed E-state index contributed by atoms with van der Waals surface area (Å²) >= 11 is 1.56. The Kier molecular flexibility index (Phi) is 18.1. The van der Waals surface area contributed by atoms with Gasteiger partial charge >= 0.3 is 0 Å². The van der Waals surface area contributed by atoms with Crippen molar-refractivity contribution in [3.8, 4) is 21.6 Å². The highest BCUT2D eigenvalue weighted by molar-refractivity contribution is 7.13. The fourth-order valence-electron chi connectivity index (χ4n) is 9.54. The number of morpholine rings is 1. The molecule has 8 rings (SSSR count). The van der Waals surface area contributed by atoms with E-state index in [1.165, 1.54) is 23.2 Å². The van der Waals surface area contributed by atoms with E-state index >= 15 is 8.78 Å². The first-order valence-corrected chi connectivity index (χ1v) is 26.3. The molecule has 5 aromatic rings. The lowest BCUT2D eigenvalue weighted by Gasteiger charge is -2.35. The maximum Gasteiger partial charge on any atom is 0.246 e. The number of likely N-dealkylation sites (tertiary alicyclic amines) is 2. The number of nitrogens with one attached hydrogen (secondary N) is 2. The zero-order valence-corrected chi connectivity index (χ0v) is 43.7. The molecular weight excluding hydrogens is 983 g/mol. The van der Waals surface area contributed by atoms with Gasteiger partial charge in [-0.15, -0.1) is 11.3 Å². The molecule has 2 aromatic heterocycles. The minimum atomic E-state index is -0.984. The van der Waals surface area contributed by atoms with Gasteiger partial charge in [0.2, 0.25) is 23.6 Å². The number of fused-ring (bicyclic) bond motifs is 1. The summed E-state index contributed by atoms with van der Waals surface area (Å²) < 4.78 is 42.0. The van der Waals surface area contributed by atoms with E-state index in [4.69, 9.17) is 25.2 Å². The molecule has 0 spiro atoms. The zero-order valence-electron chi connectivity index (χ0n) is 42.9. The Morgan fingerprint density at radius 3 is 2.39 bits per heavy atom. The second-order valence-corrected chi connectivity index (χ2v) is 21.2. The first-order valence-electron chi connectivity index (χ1n) is 25.5. The van der Waals surface area contributed by atoms with E-state index in [1.807, 2.05) is 56.9 Å². The van der Waals surface area contributed by atoms with Crippen molar-refractivity contribution in [2.45, 2.75) is 97.1 Å². The maximum atomic E-state index is 15.4. The number of halogens is 2. The number of aliphatic hydroxyl groups is 1. The Balaban J connectivity index is 0.767. The largest absolute Gasteiger partial charge is 0.404 e. The minimum absolute atomic E-state index is 0.0114. The quantitative estimate of drug-likeness (QED) is 0.0605. The van der Waals surface area contributed by atoms with Crippen LogP contribution in [-0.4, -0.2) is 148 Å². The third-order valence-corrected chi connectivity index (χ3v) is 14.9. The number of amides is 4. The molecule has 1 unspecified atom stereocenters. The Morgan fingerprint density at radius 1 is 0.987 bits per heavy atom. The summed E-state index contributed by atoms with van der Waals surface area (Å²) in [6.07, 6.45) is 5.09. The van der Waals surface area contributed by atoms with Crippen molar-refractivity contribution in [3.05, 3.63) is 107 Å². The number of para-hydroxylation sites is 1. The molecule has 3 fully saturated rings. The van der Waals surface area contributed by atoms with Gasteiger partial charge in [0.25, 0.3) is 0 Å². The summed E-state index contributed by atoms with van der Waals surface area (Å²) in [7, 11) is 0. The van der Waals surface area contributed by atoms with E-state index in [1.54, 1.807) is 52.4 Å². The molecule has 5 N–H and O–H groups in total. The Hall–Kier alpha value is -6.58. The first kappa shape index (κ1) is 54.7. The lowest BCUT2D eigenvalue weighted by molar-refractivity contribution is -0.144. The molecule has 17 nitrogen and oxygen atoms in total. The number of aryl methyl sites for hydroxylation is 1. The molecule has 398 valence electrons. The smallest absolute Gasteiger partial charge is 0.246 e. The number of aliphatic hydroxyl groups excluding tert-OH is 1. The summed E-state index contributed by atoms with van der Waals surface area (Å²) in [5, 5.41) is 16.4. The van der Waals surface area contributed by atoms with E-state index in [9.17, 15) is 24.3 Å². The van der Waals surface area contributed by atoms with Gasteiger partial charge in [0.15, 0.2) is 0 Å². The minimum Gasteiger partial charge on any atom is -0.404 e. The highest BCUT2D eigenvalue weighted by Crippen LogP contribution is 2.32. The average molecular weight is 1050 g/mol.